The van der Waals surface area contributed by atoms with E-state index in [1.54, 1.807) is 0 Å². The molecule has 1 amide bonds. The number of rotatable bonds is 2. The molecule has 1 aliphatic heterocycles. The molecule has 2 atom stereocenters. The third-order valence-corrected chi connectivity index (χ3v) is 3.44. The van der Waals surface area contributed by atoms with E-state index < -0.39 is 0 Å². The van der Waals surface area contributed by atoms with Crippen LogP contribution in [-0.2, 0) is 16.0 Å². The summed E-state index contributed by atoms with van der Waals surface area (Å²) < 4.78 is 10.6. The third kappa shape index (κ3) is 2.56. The number of hydrogen-bond acceptors (Lipinski definition) is 4. The first-order valence-corrected chi connectivity index (χ1v) is 6.32. The first kappa shape index (κ1) is 13.1. The van der Waals surface area contributed by atoms with Crippen LogP contribution in [0, 0.1) is 13.8 Å². The number of morpholine rings is 1. The van der Waals surface area contributed by atoms with E-state index in [4.69, 9.17) is 9.26 Å². The standard InChI is InChI=1S/C13H20N2O3/c1-8-7-17-9(2)6-15(8)13(16)5-12-10(3)14-18-11(12)4/h8-9H,5-7H2,1-4H3/t8-,9+/m0/s1. The zero-order valence-corrected chi connectivity index (χ0v) is 11.4. The lowest BCUT2D eigenvalue weighted by molar-refractivity contribution is -0.142. The summed E-state index contributed by atoms with van der Waals surface area (Å²) in [5.74, 6) is 0.849. The number of hydrogen-bond donors (Lipinski definition) is 0. The molecule has 18 heavy (non-hydrogen) atoms. The minimum Gasteiger partial charge on any atom is -0.375 e. The number of ether oxygens (including phenoxy) is 1. The van der Waals surface area contributed by atoms with Crippen molar-refractivity contribution in [3.05, 3.63) is 17.0 Å². The van der Waals surface area contributed by atoms with Gasteiger partial charge in [-0.1, -0.05) is 5.16 Å². The fourth-order valence-corrected chi connectivity index (χ4v) is 2.26. The van der Waals surface area contributed by atoms with Gasteiger partial charge in [-0.2, -0.15) is 0 Å². The molecular formula is C13H20N2O3. The number of carbonyl (C=O) groups excluding carboxylic acids is 1. The van der Waals surface area contributed by atoms with Crippen molar-refractivity contribution in [1.29, 1.82) is 0 Å². The molecule has 1 fully saturated rings. The van der Waals surface area contributed by atoms with Gasteiger partial charge in [-0.05, 0) is 27.7 Å². The molecule has 2 heterocycles. The van der Waals surface area contributed by atoms with E-state index in [-0.39, 0.29) is 18.1 Å². The molecule has 2 rings (SSSR count). The fourth-order valence-electron chi connectivity index (χ4n) is 2.26. The van der Waals surface area contributed by atoms with Crippen LogP contribution < -0.4 is 0 Å². The van der Waals surface area contributed by atoms with Gasteiger partial charge in [-0.3, -0.25) is 4.79 Å². The Bertz CT molecular complexity index is 422. The summed E-state index contributed by atoms with van der Waals surface area (Å²) in [6, 6.07) is 0.133. The van der Waals surface area contributed by atoms with Gasteiger partial charge in [0.2, 0.25) is 5.91 Å². The Balaban J connectivity index is 2.07. The van der Waals surface area contributed by atoms with E-state index in [9.17, 15) is 4.79 Å². The Morgan fingerprint density at radius 1 is 1.44 bits per heavy atom. The second kappa shape index (κ2) is 5.10. The highest BCUT2D eigenvalue weighted by atomic mass is 16.5. The molecule has 0 aliphatic carbocycles. The van der Waals surface area contributed by atoms with Crippen molar-refractivity contribution < 1.29 is 14.1 Å². The van der Waals surface area contributed by atoms with Crippen LogP contribution in [0.4, 0.5) is 0 Å². The average molecular weight is 252 g/mol. The highest BCUT2D eigenvalue weighted by Gasteiger charge is 2.28. The van der Waals surface area contributed by atoms with Gasteiger partial charge in [0.1, 0.15) is 5.76 Å². The van der Waals surface area contributed by atoms with E-state index >= 15 is 0 Å². The molecule has 0 unspecified atom stereocenters. The molecule has 100 valence electrons. The average Bonchev–Trinajstić information content (AvgIpc) is 2.64. The monoisotopic (exact) mass is 252 g/mol. The minimum absolute atomic E-state index is 0.106. The van der Waals surface area contributed by atoms with Crippen LogP contribution in [0.2, 0.25) is 0 Å². The number of aromatic nitrogens is 1. The second-order valence-corrected chi connectivity index (χ2v) is 5.02. The first-order chi connectivity index (χ1) is 8.49. The summed E-state index contributed by atoms with van der Waals surface area (Å²) in [5, 5.41) is 3.88. The summed E-state index contributed by atoms with van der Waals surface area (Å²) in [6.07, 6.45) is 0.466. The van der Waals surface area contributed by atoms with Crippen LogP contribution in [-0.4, -0.2) is 41.3 Å². The molecule has 0 aromatic carbocycles. The highest BCUT2D eigenvalue weighted by Crippen LogP contribution is 2.17. The van der Waals surface area contributed by atoms with E-state index in [0.717, 1.165) is 17.0 Å². The van der Waals surface area contributed by atoms with Gasteiger partial charge in [0.15, 0.2) is 0 Å². The van der Waals surface area contributed by atoms with Crippen molar-refractivity contribution in [2.75, 3.05) is 13.2 Å². The maximum Gasteiger partial charge on any atom is 0.227 e. The van der Waals surface area contributed by atoms with Crippen LogP contribution >= 0.6 is 0 Å². The molecule has 5 nitrogen and oxygen atoms in total. The summed E-state index contributed by atoms with van der Waals surface area (Å²) in [5.41, 5.74) is 1.71. The zero-order valence-electron chi connectivity index (χ0n) is 11.4. The first-order valence-electron chi connectivity index (χ1n) is 6.32. The largest absolute Gasteiger partial charge is 0.375 e. The molecule has 0 spiro atoms. The fraction of sp³-hybridized carbons (Fsp3) is 0.692. The van der Waals surface area contributed by atoms with Gasteiger partial charge in [0.25, 0.3) is 0 Å². The van der Waals surface area contributed by atoms with Crippen LogP contribution in [0.3, 0.4) is 0 Å². The van der Waals surface area contributed by atoms with Crippen LogP contribution in [0.25, 0.3) is 0 Å². The lowest BCUT2D eigenvalue weighted by atomic mass is 10.1. The topological polar surface area (TPSA) is 55.6 Å². The van der Waals surface area contributed by atoms with E-state index in [1.165, 1.54) is 0 Å². The summed E-state index contributed by atoms with van der Waals surface area (Å²) in [6.45, 7) is 8.97. The predicted octanol–water partition coefficient (Wildman–Crippen LogP) is 1.47. The number of amides is 1. The van der Waals surface area contributed by atoms with Gasteiger partial charge >= 0.3 is 0 Å². The van der Waals surface area contributed by atoms with Gasteiger partial charge in [0.05, 0.1) is 30.9 Å². The second-order valence-electron chi connectivity index (χ2n) is 5.02. The SMILES string of the molecule is Cc1noc(C)c1CC(=O)N1C[C@@H](C)OC[C@@H]1C. The van der Waals surface area contributed by atoms with E-state index in [1.807, 2.05) is 32.6 Å². The van der Waals surface area contributed by atoms with E-state index in [2.05, 4.69) is 5.16 Å². The predicted molar refractivity (Wildman–Crippen MR) is 66.3 cm³/mol. The van der Waals surface area contributed by atoms with Crippen molar-refractivity contribution in [3.63, 3.8) is 0 Å². The number of aryl methyl sites for hydroxylation is 2. The molecule has 0 bridgehead atoms. The Kier molecular flexibility index (Phi) is 3.71. The Morgan fingerprint density at radius 3 is 2.78 bits per heavy atom. The van der Waals surface area contributed by atoms with E-state index in [0.29, 0.717) is 19.6 Å². The van der Waals surface area contributed by atoms with Crippen molar-refractivity contribution in [2.24, 2.45) is 0 Å². The molecule has 0 radical (unpaired) electrons. The third-order valence-electron chi connectivity index (χ3n) is 3.44. The van der Waals surface area contributed by atoms with Gasteiger partial charge in [-0.15, -0.1) is 0 Å². The summed E-state index contributed by atoms with van der Waals surface area (Å²) >= 11 is 0. The Morgan fingerprint density at radius 2 is 2.17 bits per heavy atom. The van der Waals surface area contributed by atoms with Crippen molar-refractivity contribution >= 4 is 5.91 Å². The van der Waals surface area contributed by atoms with Crippen LogP contribution in [0.5, 0.6) is 0 Å². The summed E-state index contributed by atoms with van der Waals surface area (Å²) in [4.78, 5) is 14.2. The maximum atomic E-state index is 12.3. The lowest BCUT2D eigenvalue weighted by Gasteiger charge is -2.36. The van der Waals surface area contributed by atoms with Crippen LogP contribution in [0.1, 0.15) is 30.9 Å². The maximum absolute atomic E-state index is 12.3. The highest BCUT2D eigenvalue weighted by molar-refractivity contribution is 5.79. The number of nitrogens with zero attached hydrogens (tertiary/aromatic N) is 2. The van der Waals surface area contributed by atoms with Crippen molar-refractivity contribution in [3.8, 4) is 0 Å². The molecule has 1 aliphatic rings. The minimum atomic E-state index is 0.106. The van der Waals surface area contributed by atoms with Crippen molar-refractivity contribution in [2.45, 2.75) is 46.3 Å². The lowest BCUT2D eigenvalue weighted by Crippen LogP contribution is -2.50. The van der Waals surface area contributed by atoms with Gasteiger partial charge in [-0.25, -0.2) is 0 Å². The smallest absolute Gasteiger partial charge is 0.227 e. The number of carbonyl (C=O) groups is 1. The Labute approximate surface area is 107 Å². The normalized spacial score (nSPS) is 24.3. The summed E-state index contributed by atoms with van der Waals surface area (Å²) in [7, 11) is 0. The van der Waals surface area contributed by atoms with Crippen molar-refractivity contribution in [1.82, 2.24) is 10.1 Å². The quantitative estimate of drug-likeness (QED) is 0.799. The molecule has 0 N–H and O–H groups in total. The molecule has 0 saturated carbocycles. The molecule has 1 aromatic heterocycles. The molecular weight excluding hydrogens is 232 g/mol. The molecule has 1 aromatic rings. The molecule has 1 saturated heterocycles. The van der Waals surface area contributed by atoms with Crippen LogP contribution in [0.15, 0.2) is 4.52 Å². The Hall–Kier alpha value is -1.36. The van der Waals surface area contributed by atoms with Gasteiger partial charge in [0, 0.05) is 12.1 Å². The van der Waals surface area contributed by atoms with Gasteiger partial charge < -0.3 is 14.2 Å². The molecule has 5 heteroatoms. The zero-order chi connectivity index (χ0) is 13.3.